The second-order valence-electron chi connectivity index (χ2n) is 5.81. The van der Waals surface area contributed by atoms with E-state index in [9.17, 15) is 9.50 Å². The Morgan fingerprint density at radius 2 is 2.21 bits per heavy atom. The summed E-state index contributed by atoms with van der Waals surface area (Å²) < 4.78 is 15.7. The molecule has 0 saturated heterocycles. The summed E-state index contributed by atoms with van der Waals surface area (Å²) in [6.07, 6.45) is 6.55. The van der Waals surface area contributed by atoms with Crippen molar-refractivity contribution in [3.63, 3.8) is 0 Å². The first-order valence-corrected chi connectivity index (χ1v) is 6.46. The predicted octanol–water partition coefficient (Wildman–Crippen LogP) is 1.03. The van der Waals surface area contributed by atoms with Gasteiger partial charge in [-0.1, -0.05) is 19.9 Å². The SMILES string of the molecule is CC(O)Cn1ncc2c1=CC1=C(F)C=CC(C)(C)C=21. The molecule has 1 aromatic rings. The fourth-order valence-electron chi connectivity index (χ4n) is 2.83. The van der Waals surface area contributed by atoms with E-state index in [1.165, 1.54) is 6.08 Å². The van der Waals surface area contributed by atoms with Gasteiger partial charge in [-0.25, -0.2) is 4.39 Å². The normalized spacial score (nSPS) is 21.2. The van der Waals surface area contributed by atoms with Gasteiger partial charge in [0.1, 0.15) is 5.83 Å². The fourth-order valence-corrected chi connectivity index (χ4v) is 2.83. The molecule has 0 aromatic carbocycles. The number of aliphatic hydroxyl groups is 1. The number of aromatic nitrogens is 2. The molecule has 0 amide bonds. The third-order valence-corrected chi connectivity index (χ3v) is 3.69. The maximum absolute atomic E-state index is 14.0. The molecule has 0 fully saturated rings. The number of hydrogen-bond donors (Lipinski definition) is 1. The van der Waals surface area contributed by atoms with Crippen LogP contribution in [0, 0.1) is 5.41 Å². The van der Waals surface area contributed by atoms with Crippen LogP contribution >= 0.6 is 0 Å². The van der Waals surface area contributed by atoms with Crippen LogP contribution in [-0.2, 0) is 6.54 Å². The molecule has 4 heteroatoms. The Balaban J connectivity index is 2.28. The first-order chi connectivity index (χ1) is 8.90. The van der Waals surface area contributed by atoms with Gasteiger partial charge in [0.05, 0.1) is 24.2 Å². The highest BCUT2D eigenvalue weighted by Crippen LogP contribution is 2.41. The van der Waals surface area contributed by atoms with Crippen LogP contribution in [-0.4, -0.2) is 21.0 Å². The van der Waals surface area contributed by atoms with Crippen molar-refractivity contribution in [2.24, 2.45) is 5.41 Å². The standard InChI is InChI=1S/C15H17FN2O/c1-9(19)8-18-13-6-10-12(16)4-5-15(2,3)14(10)11(13)7-17-18/h4-7,9,19H,8H2,1-3H3. The van der Waals surface area contributed by atoms with Gasteiger partial charge in [0.25, 0.3) is 0 Å². The van der Waals surface area contributed by atoms with Crippen molar-refractivity contribution in [3.8, 4) is 0 Å². The number of rotatable bonds is 2. The van der Waals surface area contributed by atoms with Crippen LogP contribution in [0.15, 0.2) is 29.7 Å². The molecule has 1 heterocycles. The average Bonchev–Trinajstić information content (AvgIpc) is 2.84. The average molecular weight is 260 g/mol. The Hall–Kier alpha value is -1.68. The second-order valence-corrected chi connectivity index (χ2v) is 5.81. The molecular weight excluding hydrogens is 243 g/mol. The molecule has 1 atom stereocenters. The lowest BCUT2D eigenvalue weighted by Gasteiger charge is -2.27. The highest BCUT2D eigenvalue weighted by atomic mass is 19.1. The number of nitrogens with zero attached hydrogens (tertiary/aromatic N) is 2. The second kappa shape index (κ2) is 3.90. The molecule has 0 spiro atoms. The van der Waals surface area contributed by atoms with Crippen LogP contribution < -0.4 is 10.6 Å². The van der Waals surface area contributed by atoms with Gasteiger partial charge in [0.2, 0.25) is 0 Å². The van der Waals surface area contributed by atoms with Crippen LogP contribution in [0.3, 0.4) is 0 Å². The van der Waals surface area contributed by atoms with Crippen LogP contribution in [0.1, 0.15) is 20.8 Å². The zero-order chi connectivity index (χ0) is 13.8. The van der Waals surface area contributed by atoms with Crippen molar-refractivity contribution in [1.82, 2.24) is 9.78 Å². The lowest BCUT2D eigenvalue weighted by Crippen LogP contribution is -2.32. The summed E-state index contributed by atoms with van der Waals surface area (Å²) in [5, 5.41) is 15.6. The molecule has 0 saturated carbocycles. The summed E-state index contributed by atoms with van der Waals surface area (Å²) in [7, 11) is 0. The zero-order valence-electron chi connectivity index (χ0n) is 11.3. The predicted molar refractivity (Wildman–Crippen MR) is 72.1 cm³/mol. The maximum Gasteiger partial charge on any atom is 0.130 e. The number of fused-ring (bicyclic) bond motifs is 2. The molecule has 0 aliphatic heterocycles. The van der Waals surface area contributed by atoms with E-state index in [1.807, 2.05) is 12.2 Å². The third-order valence-electron chi connectivity index (χ3n) is 3.69. The molecule has 1 N–H and O–H groups in total. The summed E-state index contributed by atoms with van der Waals surface area (Å²) in [4.78, 5) is 0. The quantitative estimate of drug-likeness (QED) is 0.862. The van der Waals surface area contributed by atoms with E-state index >= 15 is 0 Å². The highest BCUT2D eigenvalue weighted by molar-refractivity contribution is 5.87. The summed E-state index contributed by atoms with van der Waals surface area (Å²) in [6.45, 7) is 6.27. The number of halogens is 1. The zero-order valence-corrected chi connectivity index (χ0v) is 11.3. The summed E-state index contributed by atoms with van der Waals surface area (Å²) in [5.74, 6) is -0.200. The lowest BCUT2D eigenvalue weighted by atomic mass is 9.77. The number of aliphatic hydroxyl groups excluding tert-OH is 1. The highest BCUT2D eigenvalue weighted by Gasteiger charge is 2.32. The summed E-state index contributed by atoms with van der Waals surface area (Å²) in [6, 6.07) is 0. The van der Waals surface area contributed by atoms with Crippen molar-refractivity contribution in [3.05, 3.63) is 40.3 Å². The van der Waals surface area contributed by atoms with E-state index in [1.54, 1.807) is 17.8 Å². The molecule has 1 unspecified atom stereocenters. The van der Waals surface area contributed by atoms with Gasteiger partial charge in [0.15, 0.2) is 0 Å². The molecule has 2 aliphatic rings. The molecule has 19 heavy (non-hydrogen) atoms. The van der Waals surface area contributed by atoms with Crippen molar-refractivity contribution < 1.29 is 9.50 Å². The molecule has 1 aromatic heterocycles. The summed E-state index contributed by atoms with van der Waals surface area (Å²) in [5.41, 5.74) is 1.43. The van der Waals surface area contributed by atoms with Gasteiger partial charge in [-0.2, -0.15) is 5.10 Å². The van der Waals surface area contributed by atoms with Gasteiger partial charge in [-0.3, -0.25) is 4.68 Å². The Labute approximate surface area is 111 Å². The van der Waals surface area contributed by atoms with E-state index in [0.29, 0.717) is 12.1 Å². The van der Waals surface area contributed by atoms with E-state index < -0.39 is 6.10 Å². The Morgan fingerprint density at radius 1 is 1.47 bits per heavy atom. The third kappa shape index (κ3) is 1.78. The van der Waals surface area contributed by atoms with E-state index in [0.717, 1.165) is 16.1 Å². The smallest absolute Gasteiger partial charge is 0.130 e. The lowest BCUT2D eigenvalue weighted by molar-refractivity contribution is 0.167. The minimum atomic E-state index is -0.477. The van der Waals surface area contributed by atoms with Crippen LogP contribution in [0.25, 0.3) is 11.6 Å². The van der Waals surface area contributed by atoms with Crippen molar-refractivity contribution in [2.45, 2.75) is 33.4 Å². The molecule has 2 aliphatic carbocycles. The van der Waals surface area contributed by atoms with Gasteiger partial charge < -0.3 is 5.11 Å². The van der Waals surface area contributed by atoms with Gasteiger partial charge in [0, 0.05) is 16.2 Å². The minimum absolute atomic E-state index is 0.200. The van der Waals surface area contributed by atoms with Gasteiger partial charge in [-0.05, 0) is 24.6 Å². The molecule has 0 bridgehead atoms. The topological polar surface area (TPSA) is 38.0 Å². The molecule has 100 valence electrons. The van der Waals surface area contributed by atoms with Crippen molar-refractivity contribution in [2.75, 3.05) is 0 Å². The maximum atomic E-state index is 14.0. The van der Waals surface area contributed by atoms with Crippen molar-refractivity contribution >= 4 is 11.6 Å². The van der Waals surface area contributed by atoms with Gasteiger partial charge in [-0.15, -0.1) is 0 Å². The molecule has 3 rings (SSSR count). The Kier molecular flexibility index (Phi) is 2.54. The Morgan fingerprint density at radius 3 is 2.89 bits per heavy atom. The van der Waals surface area contributed by atoms with Crippen LogP contribution in [0.5, 0.6) is 0 Å². The van der Waals surface area contributed by atoms with E-state index in [-0.39, 0.29) is 11.2 Å². The summed E-state index contributed by atoms with van der Waals surface area (Å²) >= 11 is 0. The first-order valence-electron chi connectivity index (χ1n) is 6.46. The van der Waals surface area contributed by atoms with Crippen molar-refractivity contribution in [1.29, 1.82) is 0 Å². The molecular formula is C15H17FN2O. The van der Waals surface area contributed by atoms with Crippen LogP contribution in [0.4, 0.5) is 4.39 Å². The first kappa shape index (κ1) is 12.4. The van der Waals surface area contributed by atoms with Crippen LogP contribution in [0.2, 0.25) is 0 Å². The minimum Gasteiger partial charge on any atom is -0.391 e. The largest absolute Gasteiger partial charge is 0.391 e. The monoisotopic (exact) mass is 260 g/mol. The number of hydrogen-bond acceptors (Lipinski definition) is 2. The van der Waals surface area contributed by atoms with E-state index in [4.69, 9.17) is 0 Å². The molecule has 0 radical (unpaired) electrons. The Bertz CT molecular complexity index is 720. The molecule has 3 nitrogen and oxygen atoms in total. The number of allylic oxidation sites excluding steroid dienone is 4. The fraction of sp³-hybridized carbons (Fsp3) is 0.400. The van der Waals surface area contributed by atoms with E-state index in [2.05, 4.69) is 18.9 Å². The van der Waals surface area contributed by atoms with Gasteiger partial charge >= 0.3 is 0 Å².